The van der Waals surface area contributed by atoms with Crippen molar-refractivity contribution in [3.63, 3.8) is 0 Å². The summed E-state index contributed by atoms with van der Waals surface area (Å²) >= 11 is 1.58. The maximum atomic E-state index is 12.9. The molecule has 0 unspecified atom stereocenters. The molecule has 10 nitrogen and oxygen atoms in total. The van der Waals surface area contributed by atoms with Crippen LogP contribution in [-0.4, -0.2) is 63.7 Å². The van der Waals surface area contributed by atoms with Crippen LogP contribution in [-0.2, 0) is 17.8 Å². The Morgan fingerprint density at radius 2 is 1.75 bits per heavy atom. The lowest BCUT2D eigenvalue weighted by Crippen LogP contribution is -2.26. The van der Waals surface area contributed by atoms with E-state index in [-0.39, 0.29) is 5.91 Å². The van der Waals surface area contributed by atoms with Crippen LogP contribution in [0, 0.1) is 6.92 Å². The first-order valence-electron chi connectivity index (χ1n) is 14.6. The second kappa shape index (κ2) is 14.6. The van der Waals surface area contributed by atoms with Crippen LogP contribution in [0.3, 0.4) is 0 Å². The minimum atomic E-state index is -5.08. The molecule has 2 aromatic heterocycles. The molecule has 3 aromatic carbocycles. The molecule has 0 bridgehead atoms. The van der Waals surface area contributed by atoms with Crippen molar-refractivity contribution in [2.75, 3.05) is 31.3 Å². The first-order chi connectivity index (χ1) is 22.9. The molecule has 0 saturated heterocycles. The summed E-state index contributed by atoms with van der Waals surface area (Å²) in [5.41, 5.74) is 7.38. The van der Waals surface area contributed by atoms with Gasteiger partial charge in [-0.25, -0.2) is 19.7 Å². The van der Waals surface area contributed by atoms with Crippen LogP contribution in [0.25, 0.3) is 21.8 Å². The molecule has 1 aliphatic rings. The molecule has 6 rings (SSSR count). The van der Waals surface area contributed by atoms with Crippen molar-refractivity contribution in [1.82, 2.24) is 19.9 Å². The lowest BCUT2D eigenvalue weighted by Gasteiger charge is -2.25. The van der Waals surface area contributed by atoms with Crippen LogP contribution < -0.4 is 15.4 Å². The van der Waals surface area contributed by atoms with E-state index in [2.05, 4.69) is 45.8 Å². The van der Waals surface area contributed by atoms with E-state index < -0.39 is 12.1 Å². The van der Waals surface area contributed by atoms with E-state index in [1.54, 1.807) is 42.8 Å². The SMILES string of the molecule is COc1cccc(C(=O)Nc2cccc(-c3nc(C)sc3-c3ccnc(Nc4ccc5c(c4)CN(C)CC5)n3)c2)c1.O=C(O)C(F)(F)F. The summed E-state index contributed by atoms with van der Waals surface area (Å²) < 4.78 is 37.0. The predicted molar refractivity (Wildman–Crippen MR) is 178 cm³/mol. The van der Waals surface area contributed by atoms with Gasteiger partial charge in [0.15, 0.2) is 0 Å². The number of hydrogen-bond donors (Lipinski definition) is 3. The second-order valence-corrected chi connectivity index (χ2v) is 12.0. The molecule has 1 amide bonds. The van der Waals surface area contributed by atoms with Crippen LogP contribution in [0.4, 0.5) is 30.5 Å². The third-order valence-electron chi connectivity index (χ3n) is 7.26. The Labute approximate surface area is 278 Å². The quantitative estimate of drug-likeness (QED) is 0.164. The van der Waals surface area contributed by atoms with Gasteiger partial charge in [0.25, 0.3) is 5.91 Å². The molecule has 5 aromatic rings. The number of fused-ring (bicyclic) bond motifs is 1. The van der Waals surface area contributed by atoms with Gasteiger partial charge >= 0.3 is 12.1 Å². The Balaban J connectivity index is 0.000000582. The molecule has 3 heterocycles. The summed E-state index contributed by atoms with van der Waals surface area (Å²) in [6, 6.07) is 23.1. The fraction of sp³-hybridized carbons (Fsp3) is 0.206. The minimum absolute atomic E-state index is 0.212. The van der Waals surface area contributed by atoms with Gasteiger partial charge in [-0.2, -0.15) is 13.2 Å². The lowest BCUT2D eigenvalue weighted by molar-refractivity contribution is -0.192. The monoisotopic (exact) mass is 676 g/mol. The zero-order valence-electron chi connectivity index (χ0n) is 26.1. The number of amides is 1. The van der Waals surface area contributed by atoms with Gasteiger partial charge in [0.05, 0.1) is 28.4 Å². The number of thiazole rings is 1. The summed E-state index contributed by atoms with van der Waals surface area (Å²) in [6.07, 6.45) is -2.25. The molecular weight excluding hydrogens is 645 g/mol. The zero-order valence-corrected chi connectivity index (χ0v) is 26.9. The Hall–Kier alpha value is -5.34. The summed E-state index contributed by atoms with van der Waals surface area (Å²) in [5, 5.41) is 14.4. The highest BCUT2D eigenvalue weighted by molar-refractivity contribution is 7.15. The van der Waals surface area contributed by atoms with Crippen molar-refractivity contribution >= 4 is 40.5 Å². The van der Waals surface area contributed by atoms with E-state index >= 15 is 0 Å². The maximum absolute atomic E-state index is 12.9. The Morgan fingerprint density at radius 1 is 0.979 bits per heavy atom. The smallest absolute Gasteiger partial charge is 0.490 e. The number of methoxy groups -OCH3 is 1. The largest absolute Gasteiger partial charge is 0.497 e. The summed E-state index contributed by atoms with van der Waals surface area (Å²) in [5.74, 6) is -1.81. The Kier molecular flexibility index (Phi) is 10.4. The number of aliphatic carboxylic acids is 1. The van der Waals surface area contributed by atoms with Crippen molar-refractivity contribution in [3.05, 3.63) is 101 Å². The molecule has 0 spiro atoms. The molecule has 0 radical (unpaired) electrons. The lowest BCUT2D eigenvalue weighted by atomic mass is 9.99. The fourth-order valence-electron chi connectivity index (χ4n) is 4.96. The topological polar surface area (TPSA) is 130 Å². The van der Waals surface area contributed by atoms with Gasteiger partial charge in [0.2, 0.25) is 5.95 Å². The van der Waals surface area contributed by atoms with Gasteiger partial charge in [0.1, 0.15) is 5.75 Å². The first kappa shape index (κ1) is 34.0. The molecule has 48 heavy (non-hydrogen) atoms. The number of carboxylic acids is 1. The number of benzene rings is 3. The van der Waals surface area contributed by atoms with Gasteiger partial charge in [-0.15, -0.1) is 11.3 Å². The van der Waals surface area contributed by atoms with E-state index in [0.717, 1.165) is 52.0 Å². The number of ether oxygens (including phenoxy) is 1. The summed E-state index contributed by atoms with van der Waals surface area (Å²) in [4.78, 5) is 39.2. The van der Waals surface area contributed by atoms with Crippen molar-refractivity contribution < 1.29 is 32.6 Å². The highest BCUT2D eigenvalue weighted by Crippen LogP contribution is 2.37. The number of aryl methyl sites for hydroxylation is 1. The third-order valence-corrected chi connectivity index (χ3v) is 8.25. The molecular formula is C34H31F3N6O4S. The number of nitrogens with one attached hydrogen (secondary N) is 2. The molecule has 0 aliphatic carbocycles. The van der Waals surface area contributed by atoms with E-state index in [9.17, 15) is 18.0 Å². The van der Waals surface area contributed by atoms with E-state index in [0.29, 0.717) is 22.9 Å². The maximum Gasteiger partial charge on any atom is 0.490 e. The molecule has 0 atom stereocenters. The number of alkyl halides is 3. The zero-order chi connectivity index (χ0) is 34.4. The van der Waals surface area contributed by atoms with Crippen LogP contribution in [0.1, 0.15) is 26.5 Å². The van der Waals surface area contributed by atoms with Crippen molar-refractivity contribution in [1.29, 1.82) is 0 Å². The van der Waals surface area contributed by atoms with Crippen LogP contribution >= 0.6 is 11.3 Å². The van der Waals surface area contributed by atoms with E-state index in [4.69, 9.17) is 24.6 Å². The van der Waals surface area contributed by atoms with Crippen LogP contribution in [0.15, 0.2) is 79.0 Å². The molecule has 248 valence electrons. The number of hydrogen-bond acceptors (Lipinski definition) is 9. The van der Waals surface area contributed by atoms with Gasteiger partial charge in [-0.05, 0) is 80.1 Å². The van der Waals surface area contributed by atoms with Crippen LogP contribution in [0.5, 0.6) is 5.75 Å². The summed E-state index contributed by atoms with van der Waals surface area (Å²) in [6.45, 7) is 4.00. The number of anilines is 3. The van der Waals surface area contributed by atoms with Crippen molar-refractivity contribution in [2.24, 2.45) is 0 Å². The highest BCUT2D eigenvalue weighted by atomic mass is 32.1. The number of carboxylic acid groups (broad SMARTS) is 1. The number of carbonyl (C=O) groups excluding carboxylic acids is 1. The number of aromatic nitrogens is 3. The molecule has 0 saturated carbocycles. The normalized spacial score (nSPS) is 12.7. The van der Waals surface area contributed by atoms with Gasteiger partial charge in [0, 0.05) is 41.8 Å². The van der Waals surface area contributed by atoms with Gasteiger partial charge in [-0.1, -0.05) is 24.3 Å². The van der Waals surface area contributed by atoms with E-state index in [1.807, 2.05) is 43.3 Å². The number of halogens is 3. The van der Waals surface area contributed by atoms with Gasteiger partial charge < -0.3 is 25.4 Å². The molecule has 3 N–H and O–H groups in total. The molecule has 1 aliphatic heterocycles. The third kappa shape index (κ3) is 8.52. The first-order valence-corrected chi connectivity index (χ1v) is 15.5. The number of nitrogens with zero attached hydrogens (tertiary/aromatic N) is 4. The fourth-order valence-corrected chi connectivity index (χ4v) is 5.87. The molecule has 14 heteroatoms. The van der Waals surface area contributed by atoms with Crippen molar-refractivity contribution in [2.45, 2.75) is 26.1 Å². The summed E-state index contributed by atoms with van der Waals surface area (Å²) in [7, 11) is 3.73. The number of carbonyl (C=O) groups is 2. The predicted octanol–water partition coefficient (Wildman–Crippen LogP) is 7.20. The van der Waals surface area contributed by atoms with Crippen molar-refractivity contribution in [3.8, 4) is 27.6 Å². The van der Waals surface area contributed by atoms with Gasteiger partial charge in [-0.3, -0.25) is 4.79 Å². The average Bonchev–Trinajstić information content (AvgIpc) is 3.46. The van der Waals surface area contributed by atoms with Crippen LogP contribution in [0.2, 0.25) is 0 Å². The second-order valence-electron chi connectivity index (χ2n) is 10.8. The highest BCUT2D eigenvalue weighted by Gasteiger charge is 2.38. The number of likely N-dealkylation sites (N-methyl/N-ethyl adjacent to an activating group) is 1. The molecule has 0 fully saturated rings. The Morgan fingerprint density at radius 3 is 2.50 bits per heavy atom. The Bertz CT molecular complexity index is 1950. The number of rotatable bonds is 7. The average molecular weight is 677 g/mol. The standard InChI is InChI=1S/C32H30N6O2S.C2HF3O2/c1-20-34-29(22-6-4-8-25(16-22)35-31(39)23-7-5-9-27(18-23)40-3)30(41-20)28-12-14-33-32(37-28)36-26-11-10-21-13-15-38(2)19-24(21)17-26;3-2(4,5)1(6)7/h4-12,14,16-18H,13,15,19H2,1-3H3,(H,35,39)(H,33,36,37);(H,6,7). The van der Waals surface area contributed by atoms with E-state index in [1.165, 1.54) is 11.1 Å². The minimum Gasteiger partial charge on any atom is -0.497 e.